The molecule has 28 heteroatoms. The average Bonchev–Trinajstić information content (AvgIpc) is 3.34. The van der Waals surface area contributed by atoms with Crippen molar-refractivity contribution >= 4 is 129 Å². The molecule has 394 valence electrons. The van der Waals surface area contributed by atoms with Gasteiger partial charge in [0.15, 0.2) is 31.1 Å². The lowest BCUT2D eigenvalue weighted by Gasteiger charge is -2.07. The molecular formula is C48H47BCl3N13O9S2. The van der Waals surface area contributed by atoms with Crippen molar-refractivity contribution in [1.29, 1.82) is 5.26 Å². The number of aromatic nitrogens is 4. The summed E-state index contributed by atoms with van der Waals surface area (Å²) in [7, 11) is -8.01. The molecule has 0 spiro atoms. The first kappa shape index (κ1) is 62.0. The van der Waals surface area contributed by atoms with Crippen LogP contribution in [0.2, 0.25) is 15.1 Å². The van der Waals surface area contributed by atoms with Crippen molar-refractivity contribution in [3.63, 3.8) is 0 Å². The predicted octanol–water partition coefficient (Wildman–Crippen LogP) is 5.48. The van der Waals surface area contributed by atoms with E-state index >= 15 is 0 Å². The largest absolute Gasteiger partial charge is 0.488 e. The lowest BCUT2D eigenvalue weighted by atomic mass is 9.81. The zero-order valence-corrected chi connectivity index (χ0v) is 43.1. The smallest absolute Gasteiger partial charge is 0.423 e. The number of primary amides is 3. The van der Waals surface area contributed by atoms with Crippen LogP contribution in [0.4, 0.5) is 22.7 Å². The molecule has 0 fully saturated rings. The molecule has 2 aromatic heterocycles. The van der Waals surface area contributed by atoms with Gasteiger partial charge in [0.25, 0.3) is 17.7 Å². The number of hydrogen-bond donors (Lipinski definition) is 8. The Kier molecular flexibility index (Phi) is 22.7. The predicted molar refractivity (Wildman–Crippen MR) is 295 cm³/mol. The van der Waals surface area contributed by atoms with Crippen LogP contribution in [0, 0.1) is 11.3 Å². The first-order valence-corrected chi connectivity index (χ1v) is 25.8. The van der Waals surface area contributed by atoms with Gasteiger partial charge in [0.2, 0.25) is 6.04 Å². The van der Waals surface area contributed by atoms with E-state index in [9.17, 15) is 31.2 Å². The zero-order valence-electron chi connectivity index (χ0n) is 39.2. The average molecular weight is 1130 g/mol. The fourth-order valence-electron chi connectivity index (χ4n) is 5.87. The minimum Gasteiger partial charge on any atom is -0.423 e. The highest BCUT2D eigenvalue weighted by Gasteiger charge is 2.16. The van der Waals surface area contributed by atoms with E-state index in [4.69, 9.17) is 84.5 Å². The zero-order chi connectivity index (χ0) is 55.8. The van der Waals surface area contributed by atoms with Gasteiger partial charge in [-0.3, -0.25) is 14.4 Å². The lowest BCUT2D eigenvalue weighted by molar-refractivity contribution is -0.118. The standard InChI is InChI=1S/C16H14N4O3S.2C9H7ClN4O.C7H9BO4S.C6H6ClN.CH4/c1-24(22,23)11-5-2-9(3-6-11)10-4-7-12-13(8-10)19-20-15(14(12)17)16(18)21;10-4-1-2-5-6(3-4)13-14-8(7(5)11)9(12)15;10-6-2-1-3-7(4-6)13-14-8(5-11)9(12)15;1-13(11,12)7-4-2-6(3-5-7)8(9)10;7-5-2-1-3-6(8)4-5;/h2-8H,1H3,(H2,17,19)(H2,18,21);1-3H,(H2,11,13)(H2,12,15);1-4,8H,(H2,12,15);2-5,9-10H,1H3;1-4H,8H2;1H4. The molecule has 0 bridgehead atoms. The van der Waals surface area contributed by atoms with Gasteiger partial charge in [0, 0.05) is 44.0 Å². The number of rotatable bonds is 9. The van der Waals surface area contributed by atoms with Crippen molar-refractivity contribution < 1.29 is 41.3 Å². The molecule has 0 aliphatic rings. The van der Waals surface area contributed by atoms with E-state index in [0.717, 1.165) is 23.6 Å². The first-order valence-electron chi connectivity index (χ1n) is 20.9. The molecule has 0 saturated heterocycles. The summed E-state index contributed by atoms with van der Waals surface area (Å²) in [4.78, 5) is 33.3. The Balaban J connectivity index is 0.000000260. The summed E-state index contributed by atoms with van der Waals surface area (Å²) < 4.78 is 45.0. The summed E-state index contributed by atoms with van der Waals surface area (Å²) in [6, 6.07) is 36.2. The number of halogens is 3. The molecule has 14 N–H and O–H groups in total. The van der Waals surface area contributed by atoms with Crippen LogP contribution in [-0.4, -0.2) is 90.7 Å². The van der Waals surface area contributed by atoms with E-state index < -0.39 is 50.6 Å². The minimum atomic E-state index is -3.24. The maximum atomic E-state index is 11.5. The number of azo groups is 1. The third kappa shape index (κ3) is 18.2. The second kappa shape index (κ2) is 27.8. The number of nitrogens with two attached hydrogens (primary N) is 6. The number of nitrogen functional groups attached to an aromatic ring is 3. The number of amides is 3. The highest BCUT2D eigenvalue weighted by atomic mass is 35.5. The highest BCUT2D eigenvalue weighted by Crippen LogP contribution is 2.28. The normalized spacial score (nSPS) is 11.0. The Morgan fingerprint density at radius 3 is 1.47 bits per heavy atom. The third-order valence-corrected chi connectivity index (χ3v) is 12.6. The van der Waals surface area contributed by atoms with E-state index in [1.54, 1.807) is 109 Å². The van der Waals surface area contributed by atoms with Gasteiger partial charge in [0.05, 0.1) is 37.9 Å². The van der Waals surface area contributed by atoms with E-state index in [-0.39, 0.29) is 45.4 Å². The Labute approximate surface area is 451 Å². The molecule has 0 aliphatic carbocycles. The van der Waals surface area contributed by atoms with Crippen LogP contribution in [0.3, 0.4) is 0 Å². The monoisotopic (exact) mass is 1130 g/mol. The summed E-state index contributed by atoms with van der Waals surface area (Å²) in [5.74, 6) is -2.26. The van der Waals surface area contributed by atoms with E-state index in [1.807, 2.05) is 6.07 Å². The number of benzene rings is 6. The van der Waals surface area contributed by atoms with Crippen LogP contribution < -0.4 is 39.9 Å². The van der Waals surface area contributed by atoms with Crippen LogP contribution in [-0.2, 0) is 24.5 Å². The summed E-state index contributed by atoms with van der Waals surface area (Å²) in [5.41, 5.74) is 36.7. The van der Waals surface area contributed by atoms with E-state index in [0.29, 0.717) is 48.2 Å². The van der Waals surface area contributed by atoms with Gasteiger partial charge in [0.1, 0.15) is 6.07 Å². The van der Waals surface area contributed by atoms with Crippen LogP contribution in [0.5, 0.6) is 0 Å². The van der Waals surface area contributed by atoms with Gasteiger partial charge in [-0.15, -0.1) is 20.4 Å². The van der Waals surface area contributed by atoms with Gasteiger partial charge >= 0.3 is 7.12 Å². The molecule has 0 aliphatic heterocycles. The number of nitriles is 1. The van der Waals surface area contributed by atoms with E-state index in [2.05, 4.69) is 30.6 Å². The van der Waals surface area contributed by atoms with Gasteiger partial charge in [-0.2, -0.15) is 15.5 Å². The maximum absolute atomic E-state index is 11.5. The van der Waals surface area contributed by atoms with Gasteiger partial charge < -0.3 is 44.5 Å². The molecule has 0 saturated carbocycles. The maximum Gasteiger partial charge on any atom is 0.488 e. The Hall–Kier alpha value is -8.35. The van der Waals surface area contributed by atoms with Crippen molar-refractivity contribution in [1.82, 2.24) is 20.4 Å². The van der Waals surface area contributed by atoms with E-state index in [1.165, 1.54) is 24.3 Å². The molecule has 1 atom stereocenters. The Morgan fingerprint density at radius 2 is 1.05 bits per heavy atom. The fourth-order valence-corrected chi connectivity index (χ4v) is 7.68. The lowest BCUT2D eigenvalue weighted by Crippen LogP contribution is -2.29. The molecule has 6 aromatic carbocycles. The number of anilines is 3. The fraction of sp³-hybridized carbons (Fsp3) is 0.0833. The van der Waals surface area contributed by atoms with Crippen molar-refractivity contribution in [3.8, 4) is 17.2 Å². The molecule has 0 radical (unpaired) electrons. The third-order valence-electron chi connectivity index (χ3n) is 9.59. The minimum absolute atomic E-state index is 0. The van der Waals surface area contributed by atoms with Gasteiger partial charge in [-0.05, 0) is 108 Å². The summed E-state index contributed by atoms with van der Waals surface area (Å²) in [6.07, 6.45) is 2.25. The molecule has 2 heterocycles. The van der Waals surface area contributed by atoms with Crippen LogP contribution in [0.1, 0.15) is 28.4 Å². The van der Waals surface area contributed by atoms with Crippen LogP contribution in [0.15, 0.2) is 153 Å². The number of sulfone groups is 2. The van der Waals surface area contributed by atoms with Crippen molar-refractivity contribution in [2.24, 2.45) is 27.4 Å². The molecule has 1 unspecified atom stereocenters. The second-order valence-corrected chi connectivity index (χ2v) is 20.6. The number of hydrogen-bond acceptors (Lipinski definition) is 19. The molecule has 3 amide bonds. The molecular weight excluding hydrogens is 1080 g/mol. The molecule has 22 nitrogen and oxygen atoms in total. The van der Waals surface area contributed by atoms with Crippen molar-refractivity contribution in [2.45, 2.75) is 23.3 Å². The van der Waals surface area contributed by atoms with Crippen molar-refractivity contribution in [3.05, 3.63) is 160 Å². The van der Waals surface area contributed by atoms with Crippen LogP contribution in [0.25, 0.3) is 32.9 Å². The topological polar surface area (TPSA) is 416 Å². The quantitative estimate of drug-likeness (QED) is 0.0504. The summed E-state index contributed by atoms with van der Waals surface area (Å²) >= 11 is 17.0. The number of nitrogens with zero attached hydrogens (tertiary/aromatic N) is 7. The van der Waals surface area contributed by atoms with Crippen LogP contribution >= 0.6 is 34.8 Å². The molecule has 8 rings (SSSR count). The SMILES string of the molecule is C.CS(=O)(=O)c1ccc(-c2ccc3c(N)c(C(N)=O)nnc3c2)cc1.CS(=O)(=O)c1ccc(B(O)O)cc1.N#CC(N=Nc1cccc(Cl)c1)C(N)=O.NC(=O)c1nnc2cc(Cl)ccc2c1N.Nc1cccc(Cl)c1. The summed E-state index contributed by atoms with van der Waals surface area (Å²) in [5, 5.41) is 51.2. The molecule has 8 aromatic rings. The number of carbonyl (C=O) groups is 3. The molecule has 76 heavy (non-hydrogen) atoms. The Morgan fingerprint density at radius 1 is 0.605 bits per heavy atom. The highest BCUT2D eigenvalue weighted by molar-refractivity contribution is 7.91. The first-order chi connectivity index (χ1) is 35.2. The van der Waals surface area contributed by atoms with Gasteiger partial charge in [-0.25, -0.2) is 16.8 Å². The summed E-state index contributed by atoms with van der Waals surface area (Å²) in [6.45, 7) is 0. The van der Waals surface area contributed by atoms with Crippen molar-refractivity contribution in [2.75, 3.05) is 29.7 Å². The second-order valence-electron chi connectivity index (χ2n) is 15.2. The number of carbonyl (C=O) groups excluding carboxylic acids is 3. The Bertz CT molecular complexity index is 3670. The number of fused-ring (bicyclic) bond motifs is 2. The van der Waals surface area contributed by atoms with Gasteiger partial charge in [-0.1, -0.05) is 84.7 Å².